The molecule has 2 rings (SSSR count). The van der Waals surface area contributed by atoms with Gasteiger partial charge in [-0.1, -0.05) is 0 Å². The van der Waals surface area contributed by atoms with Crippen molar-refractivity contribution >= 4 is 15.7 Å². The number of hydrogen-bond acceptors (Lipinski definition) is 4. The first-order valence-corrected chi connectivity index (χ1v) is 7.77. The summed E-state index contributed by atoms with van der Waals surface area (Å²) in [5.74, 6) is 0.743. The van der Waals surface area contributed by atoms with Crippen LogP contribution >= 0.6 is 0 Å². The second-order valence-electron chi connectivity index (χ2n) is 4.68. The number of rotatable bonds is 5. The molecule has 2 aromatic rings. The van der Waals surface area contributed by atoms with Crippen molar-refractivity contribution in [2.75, 3.05) is 12.3 Å². The van der Waals surface area contributed by atoms with Crippen molar-refractivity contribution in [2.24, 2.45) is 0 Å². The van der Waals surface area contributed by atoms with Crippen molar-refractivity contribution in [1.29, 1.82) is 0 Å². The van der Waals surface area contributed by atoms with E-state index >= 15 is 0 Å². The molecule has 0 saturated heterocycles. The van der Waals surface area contributed by atoms with Crippen LogP contribution in [0.5, 0.6) is 0 Å². The fraction of sp³-hybridized carbons (Fsp3) is 0.286. The highest BCUT2D eigenvalue weighted by Gasteiger charge is 2.15. The zero-order valence-electron chi connectivity index (χ0n) is 11.5. The van der Waals surface area contributed by atoms with Gasteiger partial charge in [0.1, 0.15) is 5.76 Å². The van der Waals surface area contributed by atoms with Gasteiger partial charge >= 0.3 is 0 Å². The van der Waals surface area contributed by atoms with Crippen molar-refractivity contribution in [2.45, 2.75) is 25.2 Å². The van der Waals surface area contributed by atoms with Crippen LogP contribution in [0.15, 0.2) is 39.8 Å². The van der Waals surface area contributed by atoms with Gasteiger partial charge in [0, 0.05) is 18.7 Å². The summed E-state index contributed by atoms with van der Waals surface area (Å²) in [7, 11) is -3.55. The predicted molar refractivity (Wildman–Crippen MR) is 77.9 cm³/mol. The molecule has 1 heterocycles. The van der Waals surface area contributed by atoms with Gasteiger partial charge in [0.2, 0.25) is 10.0 Å². The first-order chi connectivity index (χ1) is 9.40. The molecule has 0 bridgehead atoms. The van der Waals surface area contributed by atoms with E-state index in [0.29, 0.717) is 12.1 Å². The van der Waals surface area contributed by atoms with Gasteiger partial charge in [0.05, 0.1) is 11.2 Å². The van der Waals surface area contributed by atoms with E-state index in [9.17, 15) is 8.42 Å². The molecule has 3 N–H and O–H groups in total. The van der Waals surface area contributed by atoms with Crippen LogP contribution in [0.25, 0.3) is 0 Å². The van der Waals surface area contributed by atoms with Crippen molar-refractivity contribution in [3.05, 3.63) is 47.4 Å². The molecule has 0 saturated carbocycles. The van der Waals surface area contributed by atoms with Gasteiger partial charge in [0.15, 0.2) is 0 Å². The lowest BCUT2D eigenvalue weighted by Crippen LogP contribution is -2.26. The van der Waals surface area contributed by atoms with Crippen LogP contribution in [0.2, 0.25) is 0 Å². The lowest BCUT2D eigenvalue weighted by Gasteiger charge is -2.10. The molecular weight excluding hydrogens is 276 g/mol. The second kappa shape index (κ2) is 5.68. The van der Waals surface area contributed by atoms with Crippen LogP contribution in [0.4, 0.5) is 5.69 Å². The maximum atomic E-state index is 12.2. The summed E-state index contributed by atoms with van der Waals surface area (Å²) in [6, 6.07) is 6.69. The normalized spacial score (nSPS) is 11.7. The van der Waals surface area contributed by atoms with Crippen LogP contribution in [0.3, 0.4) is 0 Å². The molecule has 0 aliphatic heterocycles. The van der Waals surface area contributed by atoms with E-state index in [1.54, 1.807) is 18.4 Å². The molecule has 0 amide bonds. The Labute approximate surface area is 118 Å². The minimum atomic E-state index is -3.55. The van der Waals surface area contributed by atoms with Crippen LogP contribution in [0, 0.1) is 13.8 Å². The minimum Gasteiger partial charge on any atom is -0.469 e. The highest BCUT2D eigenvalue weighted by Crippen LogP contribution is 2.21. The zero-order valence-corrected chi connectivity index (χ0v) is 12.3. The monoisotopic (exact) mass is 294 g/mol. The number of hydrogen-bond donors (Lipinski definition) is 2. The smallest absolute Gasteiger partial charge is 0.240 e. The van der Waals surface area contributed by atoms with Gasteiger partial charge in [-0.2, -0.15) is 0 Å². The highest BCUT2D eigenvalue weighted by molar-refractivity contribution is 7.89. The van der Waals surface area contributed by atoms with Gasteiger partial charge < -0.3 is 10.2 Å². The summed E-state index contributed by atoms with van der Waals surface area (Å²) in [6.45, 7) is 3.99. The molecule has 0 aliphatic carbocycles. The first-order valence-electron chi connectivity index (χ1n) is 6.29. The van der Waals surface area contributed by atoms with Gasteiger partial charge in [-0.15, -0.1) is 0 Å². The van der Waals surface area contributed by atoms with Gasteiger partial charge in [-0.3, -0.25) is 0 Å². The topological polar surface area (TPSA) is 85.3 Å². The average molecular weight is 294 g/mol. The fourth-order valence-electron chi connectivity index (χ4n) is 1.85. The molecular formula is C14H18N2O3S. The lowest BCUT2D eigenvalue weighted by molar-refractivity contribution is 0.506. The molecule has 20 heavy (non-hydrogen) atoms. The van der Waals surface area contributed by atoms with E-state index in [1.165, 1.54) is 6.07 Å². The largest absolute Gasteiger partial charge is 0.469 e. The van der Waals surface area contributed by atoms with E-state index in [1.807, 2.05) is 19.9 Å². The third-order valence-electron chi connectivity index (χ3n) is 3.23. The summed E-state index contributed by atoms with van der Waals surface area (Å²) in [6.07, 6.45) is 2.07. The van der Waals surface area contributed by atoms with Crippen LogP contribution in [-0.4, -0.2) is 15.0 Å². The molecule has 1 aromatic carbocycles. The Kier molecular flexibility index (Phi) is 4.15. The molecule has 5 nitrogen and oxygen atoms in total. The van der Waals surface area contributed by atoms with E-state index in [-0.39, 0.29) is 11.4 Å². The number of anilines is 1. The maximum absolute atomic E-state index is 12.2. The maximum Gasteiger partial charge on any atom is 0.240 e. The van der Waals surface area contributed by atoms with Crippen LogP contribution in [-0.2, 0) is 16.4 Å². The Morgan fingerprint density at radius 1 is 1.30 bits per heavy atom. The molecule has 0 radical (unpaired) electrons. The van der Waals surface area contributed by atoms with Crippen molar-refractivity contribution in [3.63, 3.8) is 0 Å². The Bertz CT molecular complexity index is 668. The molecule has 0 atom stereocenters. The zero-order chi connectivity index (χ0) is 14.8. The Morgan fingerprint density at radius 2 is 2.05 bits per heavy atom. The number of benzene rings is 1. The molecule has 0 spiro atoms. The quantitative estimate of drug-likeness (QED) is 0.826. The van der Waals surface area contributed by atoms with E-state index < -0.39 is 10.0 Å². The first kappa shape index (κ1) is 14.6. The van der Waals surface area contributed by atoms with E-state index in [2.05, 4.69) is 4.72 Å². The standard InChI is InChI=1S/C14H18N2O3S/c1-10-8-13(9-14(15)11(10)2)20(17,18)16-6-5-12-4-3-7-19-12/h3-4,7-9,16H,5-6,15H2,1-2H3. The van der Waals surface area contributed by atoms with Gasteiger partial charge in [0.25, 0.3) is 0 Å². The van der Waals surface area contributed by atoms with Crippen molar-refractivity contribution < 1.29 is 12.8 Å². The minimum absolute atomic E-state index is 0.192. The predicted octanol–water partition coefficient (Wildman–Crippen LogP) is 2.00. The Morgan fingerprint density at radius 3 is 2.65 bits per heavy atom. The number of aryl methyl sites for hydroxylation is 1. The summed E-state index contributed by atoms with van der Waals surface area (Å²) in [5.41, 5.74) is 8.06. The number of nitrogen functional groups attached to an aromatic ring is 1. The van der Waals surface area contributed by atoms with Crippen LogP contribution in [0.1, 0.15) is 16.9 Å². The number of furan rings is 1. The fourth-order valence-corrected chi connectivity index (χ4v) is 3.01. The lowest BCUT2D eigenvalue weighted by atomic mass is 10.1. The summed E-state index contributed by atoms with van der Waals surface area (Å²) >= 11 is 0. The van der Waals surface area contributed by atoms with Crippen molar-refractivity contribution in [1.82, 2.24) is 4.72 Å². The molecule has 108 valence electrons. The third kappa shape index (κ3) is 3.20. The van der Waals surface area contributed by atoms with E-state index in [4.69, 9.17) is 10.2 Å². The van der Waals surface area contributed by atoms with Crippen LogP contribution < -0.4 is 10.5 Å². The number of sulfonamides is 1. The molecule has 6 heteroatoms. The number of nitrogens with two attached hydrogens (primary N) is 1. The average Bonchev–Trinajstić information content (AvgIpc) is 2.88. The summed E-state index contributed by atoms with van der Waals surface area (Å²) < 4.78 is 32.1. The Balaban J connectivity index is 2.10. The Hall–Kier alpha value is -1.79. The molecule has 1 aromatic heterocycles. The molecule has 0 aliphatic rings. The van der Waals surface area contributed by atoms with Gasteiger partial charge in [-0.25, -0.2) is 13.1 Å². The number of nitrogens with one attached hydrogen (secondary N) is 1. The van der Waals surface area contributed by atoms with E-state index in [0.717, 1.165) is 16.9 Å². The third-order valence-corrected chi connectivity index (χ3v) is 4.68. The summed E-state index contributed by atoms with van der Waals surface area (Å²) in [5, 5.41) is 0. The summed E-state index contributed by atoms with van der Waals surface area (Å²) in [4.78, 5) is 0.192. The second-order valence-corrected chi connectivity index (χ2v) is 6.45. The van der Waals surface area contributed by atoms with Gasteiger partial charge in [-0.05, 0) is 49.2 Å². The van der Waals surface area contributed by atoms with Crippen molar-refractivity contribution in [3.8, 4) is 0 Å². The molecule has 0 fully saturated rings. The molecule has 0 unspecified atom stereocenters. The SMILES string of the molecule is Cc1cc(S(=O)(=O)NCCc2ccco2)cc(N)c1C. The highest BCUT2D eigenvalue weighted by atomic mass is 32.2.